The second-order valence-corrected chi connectivity index (χ2v) is 5.81. The number of rotatable bonds is 3. The smallest absolute Gasteiger partial charge is 0.355 e. The summed E-state index contributed by atoms with van der Waals surface area (Å²) in [5.41, 5.74) is -0.247. The summed E-state index contributed by atoms with van der Waals surface area (Å²) in [5.74, 6) is -3.74. The van der Waals surface area contributed by atoms with Gasteiger partial charge in [-0.2, -0.15) is 0 Å². The number of anilines is 1. The van der Waals surface area contributed by atoms with Crippen LogP contribution >= 0.6 is 23.2 Å². The number of carbonyl (C=O) groups is 3. The molecule has 1 aromatic carbocycles. The molecular weight excluding hydrogens is 363 g/mol. The molecule has 3 rings (SSSR count). The van der Waals surface area contributed by atoms with Crippen LogP contribution in [-0.2, 0) is 19.1 Å². The highest BCUT2D eigenvalue weighted by Crippen LogP contribution is 2.37. The highest BCUT2D eigenvalue weighted by Gasteiger charge is 2.59. The number of nitrogens with zero attached hydrogens (tertiary/aromatic N) is 4. The molecule has 1 aromatic rings. The van der Waals surface area contributed by atoms with Gasteiger partial charge in [0.1, 0.15) is 5.92 Å². The molecule has 0 unspecified atom stereocenters. The summed E-state index contributed by atoms with van der Waals surface area (Å²) >= 11 is 11.8. The number of ether oxygens (including phenoxy) is 1. The van der Waals surface area contributed by atoms with Gasteiger partial charge < -0.3 is 4.74 Å². The fourth-order valence-corrected chi connectivity index (χ4v) is 3.17. The molecule has 1 saturated heterocycles. The van der Waals surface area contributed by atoms with Crippen molar-refractivity contribution >= 4 is 52.4 Å². The zero-order valence-corrected chi connectivity index (χ0v) is 13.5. The normalized spacial score (nSPS) is 22.5. The third kappa shape index (κ3) is 2.33. The van der Waals surface area contributed by atoms with E-state index in [0.29, 0.717) is 5.12 Å². The van der Waals surface area contributed by atoms with Gasteiger partial charge in [0.2, 0.25) is 5.91 Å². The summed E-state index contributed by atoms with van der Waals surface area (Å²) in [5, 5.41) is 7.09. The molecular formula is C13H8Cl2N4O5. The molecule has 24 heavy (non-hydrogen) atoms. The number of hydrazone groups is 1. The molecule has 0 saturated carbocycles. The lowest BCUT2D eigenvalue weighted by Gasteiger charge is -2.17. The number of nitroso groups, excluding NO2 is 1. The van der Waals surface area contributed by atoms with Gasteiger partial charge in [-0.1, -0.05) is 23.2 Å². The SMILES string of the molecule is COC(=O)C1=NN(N=O)[C@H]2C(=O)N(c3cc(Cl)cc(Cl)c3)C(=O)[C@@H]12. The average molecular weight is 371 g/mol. The second kappa shape index (κ2) is 5.84. The third-order valence-electron chi connectivity index (χ3n) is 3.61. The van der Waals surface area contributed by atoms with Crippen molar-refractivity contribution < 1.29 is 19.1 Å². The summed E-state index contributed by atoms with van der Waals surface area (Å²) in [7, 11) is 1.09. The van der Waals surface area contributed by atoms with E-state index in [1.165, 1.54) is 18.2 Å². The maximum absolute atomic E-state index is 12.7. The minimum atomic E-state index is -1.35. The number of hydrogen-bond donors (Lipinski definition) is 0. The Balaban J connectivity index is 2.07. The first-order chi connectivity index (χ1) is 11.4. The lowest BCUT2D eigenvalue weighted by molar-refractivity contribution is -0.133. The van der Waals surface area contributed by atoms with Crippen molar-refractivity contribution in [1.82, 2.24) is 5.12 Å². The van der Waals surface area contributed by atoms with Crippen LogP contribution in [-0.4, -0.2) is 41.8 Å². The van der Waals surface area contributed by atoms with Gasteiger partial charge in [-0.15, -0.1) is 15.1 Å². The lowest BCUT2D eigenvalue weighted by atomic mass is 9.98. The number of carbonyl (C=O) groups excluding carboxylic acids is 3. The van der Waals surface area contributed by atoms with Crippen molar-refractivity contribution in [2.45, 2.75) is 6.04 Å². The van der Waals surface area contributed by atoms with Gasteiger partial charge in [0.05, 0.1) is 18.1 Å². The van der Waals surface area contributed by atoms with E-state index in [0.717, 1.165) is 12.0 Å². The van der Waals surface area contributed by atoms with E-state index >= 15 is 0 Å². The van der Waals surface area contributed by atoms with Crippen LogP contribution in [0.25, 0.3) is 0 Å². The van der Waals surface area contributed by atoms with E-state index in [1.807, 2.05) is 0 Å². The highest BCUT2D eigenvalue weighted by atomic mass is 35.5. The van der Waals surface area contributed by atoms with Crippen LogP contribution in [0.5, 0.6) is 0 Å². The number of fused-ring (bicyclic) bond motifs is 1. The van der Waals surface area contributed by atoms with Crippen molar-refractivity contribution in [3.63, 3.8) is 0 Å². The largest absolute Gasteiger partial charge is 0.464 e. The van der Waals surface area contributed by atoms with Crippen LogP contribution in [0, 0.1) is 10.8 Å². The minimum absolute atomic E-state index is 0.118. The topological polar surface area (TPSA) is 109 Å². The summed E-state index contributed by atoms with van der Waals surface area (Å²) in [4.78, 5) is 48.7. The fraction of sp³-hybridized carbons (Fsp3) is 0.231. The number of imide groups is 1. The Morgan fingerprint density at radius 2 is 1.83 bits per heavy atom. The molecule has 2 heterocycles. The van der Waals surface area contributed by atoms with Gasteiger partial charge >= 0.3 is 5.97 Å². The van der Waals surface area contributed by atoms with E-state index in [2.05, 4.69) is 15.1 Å². The van der Waals surface area contributed by atoms with Gasteiger partial charge in [0.15, 0.2) is 11.8 Å². The fourth-order valence-electron chi connectivity index (χ4n) is 2.66. The Morgan fingerprint density at radius 3 is 2.38 bits per heavy atom. The monoisotopic (exact) mass is 370 g/mol. The van der Waals surface area contributed by atoms with Crippen molar-refractivity contribution in [2.75, 3.05) is 12.0 Å². The van der Waals surface area contributed by atoms with E-state index in [1.54, 1.807) is 0 Å². The van der Waals surface area contributed by atoms with Crippen LogP contribution in [0.3, 0.4) is 0 Å². The minimum Gasteiger partial charge on any atom is -0.464 e. The Kier molecular flexibility index (Phi) is 3.98. The molecule has 2 aliphatic rings. The van der Waals surface area contributed by atoms with E-state index in [-0.39, 0.29) is 21.4 Å². The molecule has 11 heteroatoms. The van der Waals surface area contributed by atoms with Crippen molar-refractivity contribution in [3.8, 4) is 0 Å². The van der Waals surface area contributed by atoms with Crippen molar-refractivity contribution in [1.29, 1.82) is 0 Å². The third-order valence-corrected chi connectivity index (χ3v) is 4.05. The molecule has 0 bridgehead atoms. The highest BCUT2D eigenvalue weighted by molar-refractivity contribution is 6.46. The Morgan fingerprint density at radius 1 is 1.21 bits per heavy atom. The molecule has 0 spiro atoms. The predicted octanol–water partition coefficient (Wildman–Crippen LogP) is 1.38. The van der Waals surface area contributed by atoms with Crippen molar-refractivity contribution in [2.24, 2.45) is 16.3 Å². The first-order valence-electron chi connectivity index (χ1n) is 6.52. The Bertz CT molecular complexity index is 791. The molecule has 2 amide bonds. The van der Waals surface area contributed by atoms with Gasteiger partial charge in [-0.05, 0) is 18.2 Å². The van der Waals surface area contributed by atoms with Crippen LogP contribution in [0.4, 0.5) is 5.69 Å². The zero-order chi connectivity index (χ0) is 17.6. The van der Waals surface area contributed by atoms with Crippen LogP contribution in [0.1, 0.15) is 0 Å². The molecule has 2 aliphatic heterocycles. The first-order valence-corrected chi connectivity index (χ1v) is 7.28. The number of amides is 2. The molecule has 0 N–H and O–H groups in total. The van der Waals surface area contributed by atoms with E-state index < -0.39 is 29.7 Å². The second-order valence-electron chi connectivity index (χ2n) is 4.94. The molecule has 0 radical (unpaired) electrons. The summed E-state index contributed by atoms with van der Waals surface area (Å²) in [6.45, 7) is 0. The predicted molar refractivity (Wildman–Crippen MR) is 83.3 cm³/mol. The van der Waals surface area contributed by atoms with Crippen molar-refractivity contribution in [3.05, 3.63) is 33.2 Å². The van der Waals surface area contributed by atoms with Gasteiger partial charge in [0.25, 0.3) is 5.91 Å². The average Bonchev–Trinajstić information content (AvgIpc) is 3.03. The molecule has 9 nitrogen and oxygen atoms in total. The molecule has 124 valence electrons. The first kappa shape index (κ1) is 16.3. The number of halogens is 2. The maximum Gasteiger partial charge on any atom is 0.355 e. The van der Waals surface area contributed by atoms with Crippen LogP contribution in [0.2, 0.25) is 10.0 Å². The number of hydrogen-bond acceptors (Lipinski definition) is 7. The van der Waals surface area contributed by atoms with Gasteiger partial charge in [-0.25, -0.2) is 9.69 Å². The Hall–Kier alpha value is -2.52. The van der Waals surface area contributed by atoms with E-state index in [4.69, 9.17) is 23.2 Å². The van der Waals surface area contributed by atoms with E-state index in [9.17, 15) is 19.3 Å². The number of methoxy groups -OCH3 is 1. The zero-order valence-electron chi connectivity index (χ0n) is 12.0. The lowest BCUT2D eigenvalue weighted by Crippen LogP contribution is -2.36. The van der Waals surface area contributed by atoms with Crippen LogP contribution < -0.4 is 4.90 Å². The summed E-state index contributed by atoms with van der Waals surface area (Å²) in [6, 6.07) is 2.80. The molecule has 2 atom stereocenters. The molecule has 0 aromatic heterocycles. The van der Waals surface area contributed by atoms with Crippen LogP contribution in [0.15, 0.2) is 28.6 Å². The summed E-state index contributed by atoms with van der Waals surface area (Å²) in [6.07, 6.45) is 0. The maximum atomic E-state index is 12.7. The van der Waals surface area contributed by atoms with Gasteiger partial charge in [-0.3, -0.25) is 9.59 Å². The number of benzene rings is 1. The molecule has 1 fully saturated rings. The van der Waals surface area contributed by atoms with Gasteiger partial charge in [0, 0.05) is 10.0 Å². The quantitative estimate of drug-likeness (QED) is 0.451. The molecule has 0 aliphatic carbocycles. The number of esters is 1. The Labute approximate surface area is 144 Å². The summed E-state index contributed by atoms with van der Waals surface area (Å²) < 4.78 is 4.53. The standard InChI is InChI=1S/C13H8Cl2N4O5/c1-24-13(22)9-8-10(19(16-9)17-23)12(21)18(11(8)20)7-3-5(14)2-6(15)4-7/h2-4,8,10H,1H3/t8-,10+/m0/s1.